The molecule has 0 bridgehead atoms. The summed E-state index contributed by atoms with van der Waals surface area (Å²) in [5, 5.41) is 8.39. The summed E-state index contributed by atoms with van der Waals surface area (Å²) in [6.07, 6.45) is 3.96. The maximum Gasteiger partial charge on any atom is 0.263 e. The smallest absolute Gasteiger partial charge is 0.263 e. The van der Waals surface area contributed by atoms with Gasteiger partial charge in [-0.1, -0.05) is 12.1 Å². The van der Waals surface area contributed by atoms with Crippen LogP contribution in [0.4, 0.5) is 5.82 Å². The number of nitrogens with one attached hydrogen (secondary N) is 1. The van der Waals surface area contributed by atoms with Crippen molar-refractivity contribution in [2.24, 2.45) is 5.92 Å². The maximum absolute atomic E-state index is 5.22. The fourth-order valence-corrected chi connectivity index (χ4v) is 2.84. The van der Waals surface area contributed by atoms with Crippen LogP contribution >= 0.6 is 0 Å². The van der Waals surface area contributed by atoms with Crippen LogP contribution in [0.1, 0.15) is 25.5 Å². The predicted molar refractivity (Wildman–Crippen MR) is 77.8 cm³/mol. The number of fused-ring (bicyclic) bond motifs is 1. The van der Waals surface area contributed by atoms with Crippen molar-refractivity contribution in [1.29, 1.82) is 0 Å². The average molecular weight is 275 g/mol. The van der Waals surface area contributed by atoms with Crippen molar-refractivity contribution in [3.05, 3.63) is 12.0 Å². The van der Waals surface area contributed by atoms with Crippen molar-refractivity contribution >= 4 is 16.9 Å². The molecule has 1 aliphatic heterocycles. The van der Waals surface area contributed by atoms with Gasteiger partial charge in [0.05, 0.1) is 5.69 Å². The maximum atomic E-state index is 5.22. The molecule has 3 rings (SSSR count). The standard InChI is InChI=1S/C14H21N5O/c1-3-15-8-11-4-6-19(7-5-11)13-12-10(2)18-20-14(12)17-9-16-13/h9,11,15H,3-8H2,1-2H3. The topological polar surface area (TPSA) is 67.1 Å². The zero-order valence-electron chi connectivity index (χ0n) is 12.1. The molecule has 6 nitrogen and oxygen atoms in total. The number of hydrogen-bond donors (Lipinski definition) is 1. The third kappa shape index (κ3) is 2.47. The van der Waals surface area contributed by atoms with Gasteiger partial charge in [-0.15, -0.1) is 0 Å². The minimum atomic E-state index is 0.585. The first kappa shape index (κ1) is 13.3. The normalized spacial score (nSPS) is 17.0. The summed E-state index contributed by atoms with van der Waals surface area (Å²) in [6, 6.07) is 0. The lowest BCUT2D eigenvalue weighted by Crippen LogP contribution is -2.37. The summed E-state index contributed by atoms with van der Waals surface area (Å²) < 4.78 is 5.22. The molecule has 20 heavy (non-hydrogen) atoms. The van der Waals surface area contributed by atoms with Crippen LogP contribution in [0.2, 0.25) is 0 Å². The van der Waals surface area contributed by atoms with Crippen molar-refractivity contribution in [3.63, 3.8) is 0 Å². The summed E-state index contributed by atoms with van der Waals surface area (Å²) in [7, 11) is 0. The average Bonchev–Trinajstić information content (AvgIpc) is 2.87. The molecule has 0 saturated carbocycles. The van der Waals surface area contributed by atoms with E-state index in [9.17, 15) is 0 Å². The van der Waals surface area contributed by atoms with E-state index in [0.29, 0.717) is 5.71 Å². The molecule has 1 saturated heterocycles. The van der Waals surface area contributed by atoms with Gasteiger partial charge in [0.1, 0.15) is 17.5 Å². The van der Waals surface area contributed by atoms with E-state index in [2.05, 4.69) is 32.3 Å². The Morgan fingerprint density at radius 2 is 2.15 bits per heavy atom. The van der Waals surface area contributed by atoms with Gasteiger partial charge in [-0.05, 0) is 38.8 Å². The monoisotopic (exact) mass is 275 g/mol. The summed E-state index contributed by atoms with van der Waals surface area (Å²) in [5.41, 5.74) is 1.45. The van der Waals surface area contributed by atoms with Crippen LogP contribution in [0.25, 0.3) is 11.1 Å². The van der Waals surface area contributed by atoms with Crippen LogP contribution in [0, 0.1) is 12.8 Å². The molecule has 3 heterocycles. The zero-order chi connectivity index (χ0) is 13.9. The van der Waals surface area contributed by atoms with Gasteiger partial charge in [0, 0.05) is 13.1 Å². The van der Waals surface area contributed by atoms with Gasteiger partial charge < -0.3 is 14.7 Å². The van der Waals surface area contributed by atoms with E-state index < -0.39 is 0 Å². The number of rotatable bonds is 4. The van der Waals surface area contributed by atoms with Crippen LogP contribution in [-0.2, 0) is 0 Å². The van der Waals surface area contributed by atoms with Gasteiger partial charge in [-0.2, -0.15) is 4.98 Å². The Labute approximate surface area is 118 Å². The molecule has 1 fully saturated rings. The third-order valence-corrected chi connectivity index (χ3v) is 4.02. The molecule has 2 aromatic heterocycles. The second-order valence-corrected chi connectivity index (χ2v) is 5.38. The Morgan fingerprint density at radius 1 is 1.35 bits per heavy atom. The molecular weight excluding hydrogens is 254 g/mol. The van der Waals surface area contributed by atoms with Crippen molar-refractivity contribution in [2.45, 2.75) is 26.7 Å². The van der Waals surface area contributed by atoms with Gasteiger partial charge in [0.2, 0.25) is 0 Å². The second-order valence-electron chi connectivity index (χ2n) is 5.38. The van der Waals surface area contributed by atoms with Gasteiger partial charge >= 0.3 is 0 Å². The quantitative estimate of drug-likeness (QED) is 0.917. The number of hydrogen-bond acceptors (Lipinski definition) is 6. The first-order valence-electron chi connectivity index (χ1n) is 7.32. The molecule has 1 aliphatic rings. The third-order valence-electron chi connectivity index (χ3n) is 4.02. The SMILES string of the molecule is CCNCC1CCN(c2ncnc3onc(C)c23)CC1. The lowest BCUT2D eigenvalue weighted by molar-refractivity contribution is 0.385. The molecule has 0 radical (unpaired) electrons. The lowest BCUT2D eigenvalue weighted by atomic mass is 9.96. The Kier molecular flexibility index (Phi) is 3.82. The summed E-state index contributed by atoms with van der Waals surface area (Å²) in [4.78, 5) is 10.9. The van der Waals surface area contributed by atoms with Crippen molar-refractivity contribution < 1.29 is 4.52 Å². The molecule has 1 N–H and O–H groups in total. The van der Waals surface area contributed by atoms with E-state index in [0.717, 1.165) is 49.0 Å². The first-order chi connectivity index (χ1) is 9.79. The highest BCUT2D eigenvalue weighted by Gasteiger charge is 2.23. The molecule has 0 amide bonds. The molecule has 108 valence electrons. The molecule has 0 aliphatic carbocycles. The molecule has 6 heteroatoms. The van der Waals surface area contributed by atoms with E-state index in [-0.39, 0.29) is 0 Å². The highest BCUT2D eigenvalue weighted by molar-refractivity contribution is 5.87. The predicted octanol–water partition coefficient (Wildman–Crippen LogP) is 1.75. The van der Waals surface area contributed by atoms with E-state index in [4.69, 9.17) is 4.52 Å². The number of nitrogens with zero attached hydrogens (tertiary/aromatic N) is 4. The molecule has 0 aromatic carbocycles. The fourth-order valence-electron chi connectivity index (χ4n) is 2.84. The summed E-state index contributed by atoms with van der Waals surface area (Å²) >= 11 is 0. The van der Waals surface area contributed by atoms with Crippen molar-refractivity contribution in [1.82, 2.24) is 20.4 Å². The highest BCUT2D eigenvalue weighted by atomic mass is 16.5. The van der Waals surface area contributed by atoms with Crippen molar-refractivity contribution in [3.8, 4) is 0 Å². The number of piperidine rings is 1. The Morgan fingerprint density at radius 3 is 2.90 bits per heavy atom. The Bertz CT molecular complexity index is 574. The van der Waals surface area contributed by atoms with Gasteiger partial charge in [-0.25, -0.2) is 4.98 Å². The number of aryl methyl sites for hydroxylation is 1. The van der Waals surface area contributed by atoms with Crippen LogP contribution in [-0.4, -0.2) is 41.3 Å². The Hall–Kier alpha value is -1.69. The number of aromatic nitrogens is 3. The largest absolute Gasteiger partial charge is 0.356 e. The van der Waals surface area contributed by atoms with Crippen LogP contribution < -0.4 is 10.2 Å². The molecule has 2 aromatic rings. The van der Waals surface area contributed by atoms with E-state index >= 15 is 0 Å². The van der Waals surface area contributed by atoms with Crippen LogP contribution in [0.5, 0.6) is 0 Å². The first-order valence-corrected chi connectivity index (χ1v) is 7.32. The summed E-state index contributed by atoms with van der Waals surface area (Å²) in [5.74, 6) is 1.74. The molecule has 0 unspecified atom stereocenters. The zero-order valence-corrected chi connectivity index (χ0v) is 12.1. The van der Waals surface area contributed by atoms with Gasteiger partial charge in [0.15, 0.2) is 0 Å². The van der Waals surface area contributed by atoms with Gasteiger partial charge in [0.25, 0.3) is 5.71 Å². The fraction of sp³-hybridized carbons (Fsp3) is 0.643. The minimum absolute atomic E-state index is 0.585. The lowest BCUT2D eigenvalue weighted by Gasteiger charge is -2.33. The Balaban J connectivity index is 1.75. The minimum Gasteiger partial charge on any atom is -0.356 e. The molecule has 0 atom stereocenters. The van der Waals surface area contributed by atoms with E-state index in [1.54, 1.807) is 6.33 Å². The van der Waals surface area contributed by atoms with E-state index in [1.165, 1.54) is 12.8 Å². The second kappa shape index (κ2) is 5.75. The molecular formula is C14H21N5O. The molecule has 0 spiro atoms. The highest BCUT2D eigenvalue weighted by Crippen LogP contribution is 2.29. The van der Waals surface area contributed by atoms with Crippen molar-refractivity contribution in [2.75, 3.05) is 31.1 Å². The van der Waals surface area contributed by atoms with Gasteiger partial charge in [-0.3, -0.25) is 0 Å². The summed E-state index contributed by atoms with van der Waals surface area (Å²) in [6.45, 7) is 8.33. The van der Waals surface area contributed by atoms with Crippen LogP contribution in [0.3, 0.4) is 0 Å². The van der Waals surface area contributed by atoms with E-state index in [1.807, 2.05) is 6.92 Å². The number of anilines is 1. The van der Waals surface area contributed by atoms with Crippen LogP contribution in [0.15, 0.2) is 10.9 Å².